The highest BCUT2D eigenvalue weighted by atomic mass is 16.5. The van der Waals surface area contributed by atoms with E-state index in [0.717, 1.165) is 55.5 Å². The molecule has 0 amide bonds. The van der Waals surface area contributed by atoms with E-state index in [-0.39, 0.29) is 0 Å². The maximum Gasteiger partial charge on any atom is 0.242 e. The van der Waals surface area contributed by atoms with Gasteiger partial charge in [0.25, 0.3) is 0 Å². The van der Waals surface area contributed by atoms with Crippen molar-refractivity contribution in [1.29, 1.82) is 0 Å². The molecule has 132 valence electrons. The van der Waals surface area contributed by atoms with Crippen molar-refractivity contribution in [2.75, 3.05) is 6.61 Å². The first-order valence-corrected chi connectivity index (χ1v) is 9.34. The van der Waals surface area contributed by atoms with Crippen LogP contribution in [0, 0.1) is 0 Å². The Morgan fingerprint density at radius 3 is 2.56 bits per heavy atom. The minimum atomic E-state index is 0.663. The largest absolute Gasteiger partial charge is 0.476 e. The molecule has 0 aliphatic heterocycles. The molecule has 0 aliphatic rings. The van der Waals surface area contributed by atoms with Gasteiger partial charge >= 0.3 is 0 Å². The van der Waals surface area contributed by atoms with Crippen LogP contribution in [0.3, 0.4) is 0 Å². The standard InChI is InChI=1S/C21H27N3O/c1-3-5-12-19-23-20-18(13-14-22-21(20)25-15-6-4-2)24(19)16-17-10-8-7-9-11-17/h7-11,13-14H,3-6,12,15-16H2,1-2H3. The van der Waals surface area contributed by atoms with E-state index in [0.29, 0.717) is 12.5 Å². The van der Waals surface area contributed by atoms with E-state index in [1.807, 2.05) is 12.3 Å². The summed E-state index contributed by atoms with van der Waals surface area (Å²) in [4.78, 5) is 9.32. The van der Waals surface area contributed by atoms with Crippen LogP contribution >= 0.6 is 0 Å². The lowest BCUT2D eigenvalue weighted by Crippen LogP contribution is -2.05. The molecular weight excluding hydrogens is 310 g/mol. The van der Waals surface area contributed by atoms with Gasteiger partial charge in [-0.1, -0.05) is 57.0 Å². The van der Waals surface area contributed by atoms with Crippen molar-refractivity contribution in [3.8, 4) is 5.88 Å². The van der Waals surface area contributed by atoms with Gasteiger partial charge in [-0.2, -0.15) is 0 Å². The second-order valence-electron chi connectivity index (χ2n) is 6.39. The summed E-state index contributed by atoms with van der Waals surface area (Å²) < 4.78 is 8.21. The molecule has 0 saturated heterocycles. The van der Waals surface area contributed by atoms with Gasteiger partial charge in [0.1, 0.15) is 5.82 Å². The topological polar surface area (TPSA) is 39.9 Å². The number of hydrogen-bond donors (Lipinski definition) is 0. The molecule has 0 atom stereocenters. The molecule has 1 aromatic carbocycles. The molecule has 2 aromatic heterocycles. The summed E-state index contributed by atoms with van der Waals surface area (Å²) >= 11 is 0. The Morgan fingerprint density at radius 1 is 1.00 bits per heavy atom. The van der Waals surface area contributed by atoms with Crippen molar-refractivity contribution in [3.05, 3.63) is 54.0 Å². The van der Waals surface area contributed by atoms with Crippen molar-refractivity contribution < 1.29 is 4.74 Å². The number of unbranched alkanes of at least 4 members (excludes halogenated alkanes) is 2. The number of rotatable bonds is 9. The molecule has 0 fully saturated rings. The van der Waals surface area contributed by atoms with Crippen LogP contribution in [0.15, 0.2) is 42.6 Å². The molecule has 0 unspecified atom stereocenters. The zero-order valence-corrected chi connectivity index (χ0v) is 15.2. The summed E-state index contributed by atoms with van der Waals surface area (Å²) in [6.07, 6.45) is 7.25. The van der Waals surface area contributed by atoms with Crippen molar-refractivity contribution in [2.24, 2.45) is 0 Å². The van der Waals surface area contributed by atoms with Crippen LogP contribution in [0.5, 0.6) is 5.88 Å². The molecule has 4 heteroatoms. The zero-order valence-electron chi connectivity index (χ0n) is 15.2. The first kappa shape index (κ1) is 17.5. The highest BCUT2D eigenvalue weighted by molar-refractivity contribution is 5.80. The van der Waals surface area contributed by atoms with E-state index in [4.69, 9.17) is 9.72 Å². The predicted octanol–water partition coefficient (Wildman–Crippen LogP) is 5.00. The second-order valence-corrected chi connectivity index (χ2v) is 6.39. The number of fused-ring (bicyclic) bond motifs is 1. The van der Waals surface area contributed by atoms with E-state index in [9.17, 15) is 0 Å². The average molecular weight is 337 g/mol. The summed E-state index contributed by atoms with van der Waals surface area (Å²) in [5.74, 6) is 1.78. The molecule has 0 bridgehead atoms. The van der Waals surface area contributed by atoms with E-state index >= 15 is 0 Å². The Bertz CT molecular complexity index is 796. The van der Waals surface area contributed by atoms with Crippen molar-refractivity contribution >= 4 is 11.0 Å². The summed E-state index contributed by atoms with van der Waals surface area (Å²) in [5.41, 5.74) is 3.28. The van der Waals surface area contributed by atoms with Crippen molar-refractivity contribution in [2.45, 2.75) is 52.5 Å². The minimum absolute atomic E-state index is 0.663. The molecule has 0 radical (unpaired) electrons. The average Bonchev–Trinajstić information content (AvgIpc) is 2.99. The number of aromatic nitrogens is 3. The Hall–Kier alpha value is -2.36. The summed E-state index contributed by atoms with van der Waals surface area (Å²) in [6, 6.07) is 12.6. The SMILES string of the molecule is CCCCOc1nccc2c1nc(CCCC)n2Cc1ccccc1. The van der Waals surface area contributed by atoms with E-state index < -0.39 is 0 Å². The fraction of sp³-hybridized carbons (Fsp3) is 0.429. The summed E-state index contributed by atoms with van der Waals surface area (Å²) in [5, 5.41) is 0. The molecular formula is C21H27N3O. The van der Waals surface area contributed by atoms with Gasteiger partial charge in [-0.25, -0.2) is 9.97 Å². The Balaban J connectivity index is 1.98. The van der Waals surface area contributed by atoms with Gasteiger partial charge in [-0.3, -0.25) is 0 Å². The molecule has 0 spiro atoms. The van der Waals surface area contributed by atoms with Crippen LogP contribution in [-0.2, 0) is 13.0 Å². The molecule has 0 aliphatic carbocycles. The molecule has 25 heavy (non-hydrogen) atoms. The maximum atomic E-state index is 5.90. The normalized spacial score (nSPS) is 11.1. The quantitative estimate of drug-likeness (QED) is 0.516. The molecule has 3 aromatic rings. The predicted molar refractivity (Wildman–Crippen MR) is 102 cm³/mol. The Kier molecular flexibility index (Phi) is 6.04. The number of pyridine rings is 1. The summed E-state index contributed by atoms with van der Waals surface area (Å²) in [6.45, 7) is 5.90. The third-order valence-electron chi connectivity index (χ3n) is 4.39. The number of nitrogens with zero attached hydrogens (tertiary/aromatic N) is 3. The van der Waals surface area contributed by atoms with Gasteiger partial charge < -0.3 is 9.30 Å². The van der Waals surface area contributed by atoms with Crippen LogP contribution in [0.4, 0.5) is 0 Å². The number of imidazole rings is 1. The van der Waals surface area contributed by atoms with E-state index in [1.54, 1.807) is 0 Å². The monoisotopic (exact) mass is 337 g/mol. The lowest BCUT2D eigenvalue weighted by Gasteiger charge is -2.09. The first-order valence-electron chi connectivity index (χ1n) is 9.34. The zero-order chi connectivity index (χ0) is 17.5. The number of benzene rings is 1. The van der Waals surface area contributed by atoms with Crippen molar-refractivity contribution in [3.63, 3.8) is 0 Å². The molecule has 2 heterocycles. The molecule has 0 N–H and O–H groups in total. The fourth-order valence-corrected chi connectivity index (χ4v) is 2.96. The molecule has 3 rings (SSSR count). The fourth-order valence-electron chi connectivity index (χ4n) is 2.96. The van der Waals surface area contributed by atoms with Gasteiger partial charge in [-0.15, -0.1) is 0 Å². The van der Waals surface area contributed by atoms with Crippen LogP contribution in [-0.4, -0.2) is 21.1 Å². The first-order chi connectivity index (χ1) is 12.3. The van der Waals surface area contributed by atoms with Gasteiger partial charge in [0, 0.05) is 19.2 Å². The highest BCUT2D eigenvalue weighted by Gasteiger charge is 2.15. The molecule has 4 nitrogen and oxygen atoms in total. The summed E-state index contributed by atoms with van der Waals surface area (Å²) in [7, 11) is 0. The van der Waals surface area contributed by atoms with Gasteiger partial charge in [0.05, 0.1) is 12.1 Å². The van der Waals surface area contributed by atoms with Crippen LogP contribution in [0.25, 0.3) is 11.0 Å². The van der Waals surface area contributed by atoms with Gasteiger partial charge in [0.15, 0.2) is 5.52 Å². The second kappa shape index (κ2) is 8.65. The smallest absolute Gasteiger partial charge is 0.242 e. The van der Waals surface area contributed by atoms with E-state index in [2.05, 4.69) is 53.7 Å². The van der Waals surface area contributed by atoms with Crippen LogP contribution in [0.2, 0.25) is 0 Å². The number of ether oxygens (including phenoxy) is 1. The highest BCUT2D eigenvalue weighted by Crippen LogP contribution is 2.25. The Morgan fingerprint density at radius 2 is 1.80 bits per heavy atom. The van der Waals surface area contributed by atoms with Crippen LogP contribution in [0.1, 0.15) is 50.9 Å². The van der Waals surface area contributed by atoms with Crippen LogP contribution < -0.4 is 4.74 Å². The number of aryl methyl sites for hydroxylation is 1. The molecule has 0 saturated carbocycles. The lowest BCUT2D eigenvalue weighted by molar-refractivity contribution is 0.301. The van der Waals surface area contributed by atoms with E-state index in [1.165, 1.54) is 5.56 Å². The Labute approximate surface area is 149 Å². The maximum absolute atomic E-state index is 5.90. The minimum Gasteiger partial charge on any atom is -0.476 e. The van der Waals surface area contributed by atoms with Crippen molar-refractivity contribution in [1.82, 2.24) is 14.5 Å². The third kappa shape index (κ3) is 4.19. The third-order valence-corrected chi connectivity index (χ3v) is 4.39. The number of hydrogen-bond acceptors (Lipinski definition) is 3. The van der Waals surface area contributed by atoms with Gasteiger partial charge in [0.2, 0.25) is 5.88 Å². The van der Waals surface area contributed by atoms with Gasteiger partial charge in [-0.05, 0) is 24.5 Å². The lowest BCUT2D eigenvalue weighted by atomic mass is 10.2.